The lowest BCUT2D eigenvalue weighted by molar-refractivity contribution is -0.132. The van der Waals surface area contributed by atoms with Gasteiger partial charge in [-0.3, -0.25) is 9.69 Å². The van der Waals surface area contributed by atoms with Crippen LogP contribution >= 0.6 is 0 Å². The summed E-state index contributed by atoms with van der Waals surface area (Å²) in [5, 5.41) is 0. The van der Waals surface area contributed by atoms with E-state index in [0.717, 1.165) is 38.3 Å². The number of carbonyl (C=O) groups is 1. The van der Waals surface area contributed by atoms with Crippen LogP contribution in [0.3, 0.4) is 0 Å². The van der Waals surface area contributed by atoms with Crippen molar-refractivity contribution in [1.29, 1.82) is 0 Å². The molecule has 0 atom stereocenters. The first-order chi connectivity index (χ1) is 14.8. The first-order valence-corrected chi connectivity index (χ1v) is 10.6. The van der Waals surface area contributed by atoms with Crippen LogP contribution in [0.1, 0.15) is 11.1 Å². The molecule has 1 heterocycles. The molecule has 0 unspecified atom stereocenters. The van der Waals surface area contributed by atoms with Gasteiger partial charge < -0.3 is 4.90 Å². The molecule has 30 heavy (non-hydrogen) atoms. The molecule has 0 bridgehead atoms. The average Bonchev–Trinajstić information content (AvgIpc) is 2.81. The second-order valence-electron chi connectivity index (χ2n) is 7.73. The molecule has 0 radical (unpaired) electrons. The van der Waals surface area contributed by atoms with Crippen molar-refractivity contribution in [3.8, 4) is 11.1 Å². The molecule has 1 amide bonds. The highest BCUT2D eigenvalue weighted by Crippen LogP contribution is 2.19. The van der Waals surface area contributed by atoms with Gasteiger partial charge in [0.1, 0.15) is 0 Å². The first kappa shape index (κ1) is 20.1. The molecule has 0 spiro atoms. The Labute approximate surface area is 179 Å². The van der Waals surface area contributed by atoms with E-state index in [0.29, 0.717) is 6.42 Å². The fourth-order valence-electron chi connectivity index (χ4n) is 3.81. The standard InChI is InChI=1S/C27H28N2O/c30-27(22-24-13-15-26(16-14-24)25-11-5-2-6-12-25)29-20-18-28(19-21-29)17-7-10-23-8-3-1-4-9-23/h1-16H,17-22H2/b10-7+. The average molecular weight is 397 g/mol. The van der Waals surface area contributed by atoms with E-state index >= 15 is 0 Å². The van der Waals surface area contributed by atoms with Crippen LogP contribution in [0.4, 0.5) is 0 Å². The molecule has 3 aromatic rings. The minimum absolute atomic E-state index is 0.224. The lowest BCUT2D eigenvalue weighted by atomic mass is 10.0. The minimum Gasteiger partial charge on any atom is -0.340 e. The molecule has 152 valence electrons. The summed E-state index contributed by atoms with van der Waals surface area (Å²) in [5.74, 6) is 0.224. The van der Waals surface area contributed by atoms with Crippen LogP contribution in [0.5, 0.6) is 0 Å². The lowest BCUT2D eigenvalue weighted by Crippen LogP contribution is -2.49. The molecule has 1 fully saturated rings. The third-order valence-corrected chi connectivity index (χ3v) is 5.61. The van der Waals surface area contributed by atoms with E-state index in [4.69, 9.17) is 0 Å². The predicted octanol–water partition coefficient (Wildman–Crippen LogP) is 4.75. The molecular weight excluding hydrogens is 368 g/mol. The van der Waals surface area contributed by atoms with E-state index in [1.165, 1.54) is 16.7 Å². The second kappa shape index (κ2) is 10.0. The largest absolute Gasteiger partial charge is 0.340 e. The molecule has 1 saturated heterocycles. The molecular formula is C27H28N2O. The Balaban J connectivity index is 1.24. The highest BCUT2D eigenvalue weighted by molar-refractivity contribution is 5.79. The van der Waals surface area contributed by atoms with Gasteiger partial charge in [-0.05, 0) is 22.3 Å². The number of benzene rings is 3. The van der Waals surface area contributed by atoms with Crippen LogP contribution in [-0.2, 0) is 11.2 Å². The summed E-state index contributed by atoms with van der Waals surface area (Å²) in [6, 6.07) is 29.1. The lowest BCUT2D eigenvalue weighted by Gasteiger charge is -2.34. The molecule has 0 N–H and O–H groups in total. The highest BCUT2D eigenvalue weighted by atomic mass is 16.2. The van der Waals surface area contributed by atoms with Gasteiger partial charge in [-0.15, -0.1) is 0 Å². The second-order valence-corrected chi connectivity index (χ2v) is 7.73. The Bertz CT molecular complexity index is 957. The maximum absolute atomic E-state index is 12.7. The zero-order valence-electron chi connectivity index (χ0n) is 17.3. The summed E-state index contributed by atoms with van der Waals surface area (Å²) in [7, 11) is 0. The Hall–Kier alpha value is -3.17. The number of hydrogen-bond donors (Lipinski definition) is 0. The number of amides is 1. The normalized spacial score (nSPS) is 14.9. The van der Waals surface area contributed by atoms with Crippen molar-refractivity contribution >= 4 is 12.0 Å². The van der Waals surface area contributed by atoms with E-state index in [1.807, 2.05) is 29.2 Å². The molecule has 3 heteroatoms. The number of nitrogens with zero attached hydrogens (tertiary/aromatic N) is 2. The van der Waals surface area contributed by atoms with Crippen LogP contribution in [0.15, 0.2) is 91.0 Å². The number of rotatable bonds is 6. The zero-order chi connectivity index (χ0) is 20.6. The van der Waals surface area contributed by atoms with Gasteiger partial charge in [0.2, 0.25) is 5.91 Å². The first-order valence-electron chi connectivity index (χ1n) is 10.6. The highest BCUT2D eigenvalue weighted by Gasteiger charge is 2.20. The van der Waals surface area contributed by atoms with E-state index in [2.05, 4.69) is 77.7 Å². The Morgan fingerprint density at radius 3 is 2.00 bits per heavy atom. The van der Waals surface area contributed by atoms with Gasteiger partial charge in [-0.25, -0.2) is 0 Å². The summed E-state index contributed by atoms with van der Waals surface area (Å²) < 4.78 is 0. The van der Waals surface area contributed by atoms with E-state index in [-0.39, 0.29) is 5.91 Å². The third-order valence-electron chi connectivity index (χ3n) is 5.61. The van der Waals surface area contributed by atoms with Crippen LogP contribution in [-0.4, -0.2) is 48.4 Å². The van der Waals surface area contributed by atoms with Crippen molar-refractivity contribution < 1.29 is 4.79 Å². The summed E-state index contributed by atoms with van der Waals surface area (Å²) in [4.78, 5) is 17.1. The third kappa shape index (κ3) is 5.46. The van der Waals surface area contributed by atoms with Crippen LogP contribution in [0, 0.1) is 0 Å². The fraction of sp³-hybridized carbons (Fsp3) is 0.222. The summed E-state index contributed by atoms with van der Waals surface area (Å²) in [6.45, 7) is 4.40. The molecule has 0 saturated carbocycles. The van der Waals surface area contributed by atoms with E-state index < -0.39 is 0 Å². The van der Waals surface area contributed by atoms with Gasteiger partial charge in [0, 0.05) is 32.7 Å². The van der Waals surface area contributed by atoms with Crippen LogP contribution in [0.2, 0.25) is 0 Å². The van der Waals surface area contributed by atoms with E-state index in [1.54, 1.807) is 0 Å². The van der Waals surface area contributed by atoms with E-state index in [9.17, 15) is 4.79 Å². The van der Waals surface area contributed by atoms with Crippen molar-refractivity contribution in [3.05, 3.63) is 102 Å². The summed E-state index contributed by atoms with van der Waals surface area (Å²) >= 11 is 0. The van der Waals surface area contributed by atoms with Gasteiger partial charge in [0.25, 0.3) is 0 Å². The smallest absolute Gasteiger partial charge is 0.227 e. The summed E-state index contributed by atoms with van der Waals surface area (Å²) in [6.07, 6.45) is 4.85. The topological polar surface area (TPSA) is 23.6 Å². The Morgan fingerprint density at radius 2 is 1.33 bits per heavy atom. The molecule has 0 aromatic heterocycles. The number of hydrogen-bond acceptors (Lipinski definition) is 2. The Morgan fingerprint density at radius 1 is 0.733 bits per heavy atom. The molecule has 3 nitrogen and oxygen atoms in total. The quantitative estimate of drug-likeness (QED) is 0.600. The molecule has 0 aliphatic carbocycles. The molecule has 1 aliphatic rings. The number of carbonyl (C=O) groups excluding carboxylic acids is 1. The van der Waals surface area contributed by atoms with Crippen molar-refractivity contribution in [2.45, 2.75) is 6.42 Å². The summed E-state index contributed by atoms with van der Waals surface area (Å²) in [5.41, 5.74) is 4.69. The van der Waals surface area contributed by atoms with Crippen LogP contribution < -0.4 is 0 Å². The predicted molar refractivity (Wildman–Crippen MR) is 124 cm³/mol. The molecule has 3 aromatic carbocycles. The van der Waals surface area contributed by atoms with Crippen molar-refractivity contribution in [2.75, 3.05) is 32.7 Å². The maximum Gasteiger partial charge on any atom is 0.227 e. The van der Waals surface area contributed by atoms with Crippen molar-refractivity contribution in [2.24, 2.45) is 0 Å². The van der Waals surface area contributed by atoms with Gasteiger partial charge in [-0.2, -0.15) is 0 Å². The van der Waals surface area contributed by atoms with Gasteiger partial charge in [0.05, 0.1) is 6.42 Å². The fourth-order valence-corrected chi connectivity index (χ4v) is 3.81. The monoisotopic (exact) mass is 396 g/mol. The van der Waals surface area contributed by atoms with Crippen molar-refractivity contribution in [1.82, 2.24) is 9.80 Å². The SMILES string of the molecule is O=C(Cc1ccc(-c2ccccc2)cc1)N1CCN(C/C=C/c2ccccc2)CC1. The van der Waals surface area contributed by atoms with Gasteiger partial charge in [-0.1, -0.05) is 97.1 Å². The Kier molecular flexibility index (Phi) is 6.73. The van der Waals surface area contributed by atoms with Gasteiger partial charge >= 0.3 is 0 Å². The number of piperazine rings is 1. The van der Waals surface area contributed by atoms with Crippen molar-refractivity contribution in [3.63, 3.8) is 0 Å². The maximum atomic E-state index is 12.7. The molecule has 1 aliphatic heterocycles. The minimum atomic E-state index is 0.224. The molecule has 4 rings (SSSR count). The van der Waals surface area contributed by atoms with Crippen LogP contribution in [0.25, 0.3) is 17.2 Å². The van der Waals surface area contributed by atoms with Gasteiger partial charge in [0.15, 0.2) is 0 Å². The zero-order valence-corrected chi connectivity index (χ0v) is 17.3.